The van der Waals surface area contributed by atoms with Crippen molar-refractivity contribution in [1.29, 1.82) is 0 Å². The van der Waals surface area contributed by atoms with Gasteiger partial charge in [0.15, 0.2) is 0 Å². The Morgan fingerprint density at radius 3 is 2.50 bits per heavy atom. The van der Waals surface area contributed by atoms with Crippen molar-refractivity contribution in [2.24, 2.45) is 0 Å². The number of nitrogens with zero attached hydrogens (tertiary/aromatic N) is 2. The smallest absolute Gasteiger partial charge is 0.395 e. The fourth-order valence-electron chi connectivity index (χ4n) is 1.54. The molecular weight excluding hydrogens is 269 g/mol. The third-order valence-electron chi connectivity index (χ3n) is 2.30. The van der Waals surface area contributed by atoms with Gasteiger partial charge in [-0.2, -0.15) is 13.2 Å². The molecule has 0 aliphatic heterocycles. The Hall–Kier alpha value is -1.01. The first-order valence-electron chi connectivity index (χ1n) is 5.49. The third kappa shape index (κ3) is 4.03. The van der Waals surface area contributed by atoms with Crippen LogP contribution in [0.2, 0.25) is 5.15 Å². The SMILES string of the molecule is CCCN(CCO)c1cc(C(F)(F)F)cc(Cl)n1. The molecule has 0 spiro atoms. The highest BCUT2D eigenvalue weighted by molar-refractivity contribution is 6.29. The molecule has 1 aromatic rings. The van der Waals surface area contributed by atoms with Crippen LogP contribution in [0.3, 0.4) is 0 Å². The van der Waals surface area contributed by atoms with Gasteiger partial charge in [-0.3, -0.25) is 0 Å². The van der Waals surface area contributed by atoms with E-state index in [-0.39, 0.29) is 24.1 Å². The number of anilines is 1. The van der Waals surface area contributed by atoms with Gasteiger partial charge in [0.2, 0.25) is 0 Å². The van der Waals surface area contributed by atoms with Crippen molar-refractivity contribution in [2.45, 2.75) is 19.5 Å². The quantitative estimate of drug-likeness (QED) is 0.844. The normalized spacial score (nSPS) is 11.7. The van der Waals surface area contributed by atoms with Crippen LogP contribution < -0.4 is 4.90 Å². The van der Waals surface area contributed by atoms with E-state index in [0.717, 1.165) is 18.6 Å². The summed E-state index contributed by atoms with van der Waals surface area (Å²) in [6.07, 6.45) is -3.73. The molecule has 0 bridgehead atoms. The molecule has 3 nitrogen and oxygen atoms in total. The van der Waals surface area contributed by atoms with E-state index in [9.17, 15) is 13.2 Å². The summed E-state index contributed by atoms with van der Waals surface area (Å²) in [6, 6.07) is 1.73. The highest BCUT2D eigenvalue weighted by Gasteiger charge is 2.32. The maximum Gasteiger partial charge on any atom is 0.416 e. The van der Waals surface area contributed by atoms with E-state index in [2.05, 4.69) is 4.98 Å². The highest BCUT2D eigenvalue weighted by atomic mass is 35.5. The van der Waals surface area contributed by atoms with Crippen molar-refractivity contribution < 1.29 is 18.3 Å². The van der Waals surface area contributed by atoms with Gasteiger partial charge in [-0.1, -0.05) is 18.5 Å². The summed E-state index contributed by atoms with van der Waals surface area (Å²) in [6.45, 7) is 2.46. The molecule has 0 radical (unpaired) electrons. The van der Waals surface area contributed by atoms with E-state index in [1.807, 2.05) is 6.92 Å². The van der Waals surface area contributed by atoms with Gasteiger partial charge in [-0.25, -0.2) is 4.98 Å². The van der Waals surface area contributed by atoms with Gasteiger partial charge >= 0.3 is 6.18 Å². The first-order chi connectivity index (χ1) is 8.38. The van der Waals surface area contributed by atoms with Crippen molar-refractivity contribution in [2.75, 3.05) is 24.6 Å². The first-order valence-corrected chi connectivity index (χ1v) is 5.87. The van der Waals surface area contributed by atoms with Crippen LogP contribution >= 0.6 is 11.6 Å². The lowest BCUT2D eigenvalue weighted by Gasteiger charge is -2.23. The zero-order valence-corrected chi connectivity index (χ0v) is 10.6. The predicted octanol–water partition coefficient (Wildman–Crippen LogP) is 2.96. The fourth-order valence-corrected chi connectivity index (χ4v) is 1.74. The highest BCUT2D eigenvalue weighted by Crippen LogP contribution is 2.32. The zero-order chi connectivity index (χ0) is 13.8. The number of aliphatic hydroxyl groups excluding tert-OH is 1. The Kier molecular flexibility index (Phi) is 5.22. The molecule has 0 aliphatic rings. The van der Waals surface area contributed by atoms with Crippen LogP contribution in [0.1, 0.15) is 18.9 Å². The molecular formula is C11H14ClF3N2O. The summed E-state index contributed by atoms with van der Waals surface area (Å²) in [5.74, 6) is 0.130. The molecule has 0 amide bonds. The zero-order valence-electron chi connectivity index (χ0n) is 9.84. The standard InChI is InChI=1S/C11H14ClF3N2O/c1-2-3-17(4-5-18)10-7-8(11(13,14)15)6-9(12)16-10/h6-7,18H,2-5H2,1H3. The minimum atomic E-state index is -4.46. The third-order valence-corrected chi connectivity index (χ3v) is 2.49. The number of hydrogen-bond donors (Lipinski definition) is 1. The molecule has 0 unspecified atom stereocenters. The molecule has 7 heteroatoms. The van der Waals surface area contributed by atoms with Crippen molar-refractivity contribution in [3.05, 3.63) is 22.8 Å². The van der Waals surface area contributed by atoms with Crippen molar-refractivity contribution in [3.63, 3.8) is 0 Å². The van der Waals surface area contributed by atoms with Gasteiger partial charge in [-0.15, -0.1) is 0 Å². The average Bonchev–Trinajstić information content (AvgIpc) is 2.27. The first kappa shape index (κ1) is 15.0. The van der Waals surface area contributed by atoms with Crippen LogP contribution in [0.25, 0.3) is 0 Å². The van der Waals surface area contributed by atoms with Gasteiger partial charge in [-0.05, 0) is 18.6 Å². The molecule has 1 N–H and O–H groups in total. The van der Waals surface area contributed by atoms with Gasteiger partial charge < -0.3 is 10.0 Å². The lowest BCUT2D eigenvalue weighted by atomic mass is 10.2. The van der Waals surface area contributed by atoms with Crippen molar-refractivity contribution in [1.82, 2.24) is 4.98 Å². The maximum absolute atomic E-state index is 12.6. The summed E-state index contributed by atoms with van der Waals surface area (Å²) < 4.78 is 37.9. The van der Waals surface area contributed by atoms with Gasteiger partial charge in [0.25, 0.3) is 0 Å². The average molecular weight is 283 g/mol. The van der Waals surface area contributed by atoms with Gasteiger partial charge in [0.1, 0.15) is 11.0 Å². The number of aliphatic hydroxyl groups is 1. The monoisotopic (exact) mass is 282 g/mol. The summed E-state index contributed by atoms with van der Waals surface area (Å²) in [5, 5.41) is 8.69. The minimum Gasteiger partial charge on any atom is -0.395 e. The largest absolute Gasteiger partial charge is 0.416 e. The van der Waals surface area contributed by atoms with E-state index in [1.165, 1.54) is 0 Å². The molecule has 0 saturated carbocycles. The Labute approximate surface area is 108 Å². The van der Waals surface area contributed by atoms with E-state index in [4.69, 9.17) is 16.7 Å². The van der Waals surface area contributed by atoms with Crippen LogP contribution in [0.15, 0.2) is 12.1 Å². The van der Waals surface area contributed by atoms with E-state index in [1.54, 1.807) is 4.90 Å². The molecule has 18 heavy (non-hydrogen) atoms. The second-order valence-electron chi connectivity index (χ2n) is 3.75. The summed E-state index contributed by atoms with van der Waals surface area (Å²) in [5.41, 5.74) is -0.837. The van der Waals surface area contributed by atoms with Crippen molar-refractivity contribution >= 4 is 17.4 Å². The molecule has 0 atom stereocenters. The fraction of sp³-hybridized carbons (Fsp3) is 0.545. The molecule has 1 heterocycles. The molecule has 0 aliphatic carbocycles. The minimum absolute atomic E-state index is 0.130. The second kappa shape index (κ2) is 6.24. The predicted molar refractivity (Wildman–Crippen MR) is 63.8 cm³/mol. The Bertz CT molecular complexity index is 392. The number of pyridine rings is 1. The number of hydrogen-bond acceptors (Lipinski definition) is 3. The van der Waals surface area contributed by atoms with Crippen LogP contribution in [-0.2, 0) is 6.18 Å². The molecule has 0 fully saturated rings. The summed E-state index contributed by atoms with van der Waals surface area (Å²) >= 11 is 5.60. The molecule has 0 aromatic carbocycles. The van der Waals surface area contributed by atoms with Crippen molar-refractivity contribution in [3.8, 4) is 0 Å². The number of aromatic nitrogens is 1. The van der Waals surface area contributed by atoms with E-state index < -0.39 is 11.7 Å². The topological polar surface area (TPSA) is 36.4 Å². The Morgan fingerprint density at radius 1 is 1.33 bits per heavy atom. The molecule has 1 rings (SSSR count). The Balaban J connectivity index is 3.10. The summed E-state index contributed by atoms with van der Waals surface area (Å²) in [4.78, 5) is 5.44. The molecule has 1 aromatic heterocycles. The Morgan fingerprint density at radius 2 is 2.00 bits per heavy atom. The number of alkyl halides is 3. The maximum atomic E-state index is 12.6. The summed E-state index contributed by atoms with van der Waals surface area (Å²) in [7, 11) is 0. The van der Waals surface area contributed by atoms with Crippen LogP contribution in [0, 0.1) is 0 Å². The lowest BCUT2D eigenvalue weighted by molar-refractivity contribution is -0.137. The van der Waals surface area contributed by atoms with Gasteiger partial charge in [0.05, 0.1) is 12.2 Å². The molecule has 102 valence electrons. The van der Waals surface area contributed by atoms with Crippen LogP contribution in [0.4, 0.5) is 19.0 Å². The van der Waals surface area contributed by atoms with Crippen LogP contribution in [-0.4, -0.2) is 29.8 Å². The lowest BCUT2D eigenvalue weighted by Crippen LogP contribution is -2.28. The molecule has 0 saturated heterocycles. The second-order valence-corrected chi connectivity index (χ2v) is 4.13. The van der Waals surface area contributed by atoms with Gasteiger partial charge in [0, 0.05) is 13.1 Å². The number of rotatable bonds is 5. The van der Waals surface area contributed by atoms with E-state index >= 15 is 0 Å². The van der Waals surface area contributed by atoms with Crippen LogP contribution in [0.5, 0.6) is 0 Å². The number of halogens is 4. The van der Waals surface area contributed by atoms with E-state index in [0.29, 0.717) is 6.54 Å².